The number of pyridine rings is 2. The molecule has 6 heteroatoms. The van der Waals surface area contributed by atoms with Crippen molar-refractivity contribution in [3.05, 3.63) is 50.1 Å². The molecule has 1 aliphatic rings. The van der Waals surface area contributed by atoms with E-state index >= 15 is 0 Å². The van der Waals surface area contributed by atoms with E-state index in [1.54, 1.807) is 18.3 Å². The third-order valence-corrected chi connectivity index (χ3v) is 4.07. The van der Waals surface area contributed by atoms with Gasteiger partial charge in [-0.05, 0) is 37.3 Å². The largest absolute Gasteiger partial charge is 0.506 e. The zero-order valence-electron chi connectivity index (χ0n) is 10.6. The topological polar surface area (TPSA) is 55.1 Å². The van der Waals surface area contributed by atoms with Crippen LogP contribution in [0.5, 0.6) is 5.75 Å². The van der Waals surface area contributed by atoms with Crippen molar-refractivity contribution in [1.29, 1.82) is 0 Å². The summed E-state index contributed by atoms with van der Waals surface area (Å²) < 4.78 is 1.53. The quantitative estimate of drug-likeness (QED) is 0.761. The van der Waals surface area contributed by atoms with Gasteiger partial charge in [-0.15, -0.1) is 0 Å². The van der Waals surface area contributed by atoms with Gasteiger partial charge in [-0.3, -0.25) is 9.36 Å². The number of rotatable bonds is 0. The summed E-state index contributed by atoms with van der Waals surface area (Å²) in [7, 11) is 0. The first-order valence-corrected chi connectivity index (χ1v) is 7.11. The second-order valence-electron chi connectivity index (χ2n) is 4.82. The number of aromatic nitrogens is 2. The first-order valence-electron chi connectivity index (χ1n) is 6.36. The van der Waals surface area contributed by atoms with E-state index in [9.17, 15) is 9.90 Å². The van der Waals surface area contributed by atoms with Crippen molar-refractivity contribution in [3.8, 4) is 11.4 Å². The number of hydrogen-bond donors (Lipinski definition) is 1. The number of nitrogens with zero attached hydrogens (tertiary/aromatic N) is 2. The third-order valence-electron chi connectivity index (χ3n) is 3.50. The lowest BCUT2D eigenvalue weighted by Gasteiger charge is -2.20. The molecule has 0 amide bonds. The van der Waals surface area contributed by atoms with Gasteiger partial charge in [0, 0.05) is 18.0 Å². The van der Waals surface area contributed by atoms with E-state index in [0.717, 1.165) is 30.5 Å². The molecule has 1 N–H and O–H groups in total. The average molecular weight is 311 g/mol. The van der Waals surface area contributed by atoms with Crippen molar-refractivity contribution in [2.75, 3.05) is 0 Å². The molecule has 3 rings (SSSR count). The van der Waals surface area contributed by atoms with Crippen molar-refractivity contribution in [1.82, 2.24) is 9.55 Å². The van der Waals surface area contributed by atoms with Gasteiger partial charge in [0.25, 0.3) is 5.56 Å². The van der Waals surface area contributed by atoms with E-state index in [0.29, 0.717) is 17.3 Å². The molecule has 0 aromatic carbocycles. The summed E-state index contributed by atoms with van der Waals surface area (Å²) in [5.74, 6) is -0.176. The standard InChI is InChI=1S/C14H12Cl2N2O2/c15-12-6-10-8(7-17-12)3-1-2-4-9-5-11(19)13(16)14(20)18(9)10/h5-7,19H,1-4H2. The summed E-state index contributed by atoms with van der Waals surface area (Å²) in [4.78, 5) is 16.5. The summed E-state index contributed by atoms with van der Waals surface area (Å²) in [6, 6.07) is 3.22. The normalized spacial score (nSPS) is 14.1. The van der Waals surface area contributed by atoms with Crippen LogP contribution in [-0.2, 0) is 12.8 Å². The van der Waals surface area contributed by atoms with Crippen LogP contribution >= 0.6 is 23.2 Å². The molecule has 4 nitrogen and oxygen atoms in total. The van der Waals surface area contributed by atoms with Crippen LogP contribution in [0.4, 0.5) is 0 Å². The molecule has 0 unspecified atom stereocenters. The molecule has 0 saturated heterocycles. The van der Waals surface area contributed by atoms with Crippen molar-refractivity contribution >= 4 is 23.2 Å². The lowest BCUT2D eigenvalue weighted by atomic mass is 10.0. The molecule has 20 heavy (non-hydrogen) atoms. The van der Waals surface area contributed by atoms with Crippen LogP contribution in [0.1, 0.15) is 24.1 Å². The molecule has 2 aromatic rings. The SMILES string of the molecule is O=c1c(Cl)c(O)cc2n1-c1cc(Cl)ncc1CCCC2. The summed E-state index contributed by atoms with van der Waals surface area (Å²) in [6.45, 7) is 0. The van der Waals surface area contributed by atoms with Crippen LogP contribution in [0.25, 0.3) is 5.69 Å². The summed E-state index contributed by atoms with van der Waals surface area (Å²) in [6.07, 6.45) is 5.17. The van der Waals surface area contributed by atoms with Gasteiger partial charge < -0.3 is 5.11 Å². The monoisotopic (exact) mass is 310 g/mol. The van der Waals surface area contributed by atoms with Crippen molar-refractivity contribution in [2.24, 2.45) is 0 Å². The lowest BCUT2D eigenvalue weighted by molar-refractivity contribution is 0.471. The number of fused-ring (bicyclic) bond motifs is 3. The smallest absolute Gasteiger partial charge is 0.277 e. The van der Waals surface area contributed by atoms with E-state index in [1.165, 1.54) is 4.57 Å². The first kappa shape index (κ1) is 13.5. The number of aryl methyl sites for hydroxylation is 2. The molecule has 0 radical (unpaired) electrons. The second kappa shape index (κ2) is 5.11. The maximum Gasteiger partial charge on any atom is 0.277 e. The Labute approximate surface area is 125 Å². The highest BCUT2D eigenvalue weighted by molar-refractivity contribution is 6.31. The Bertz CT molecular complexity index is 741. The molecule has 104 valence electrons. The molecule has 0 bridgehead atoms. The van der Waals surface area contributed by atoms with Gasteiger partial charge in [-0.25, -0.2) is 4.98 Å². The molecule has 0 saturated carbocycles. The fraction of sp³-hybridized carbons (Fsp3) is 0.286. The van der Waals surface area contributed by atoms with Gasteiger partial charge in [0.15, 0.2) is 0 Å². The molecule has 0 fully saturated rings. The van der Waals surface area contributed by atoms with Crippen molar-refractivity contribution in [3.63, 3.8) is 0 Å². The van der Waals surface area contributed by atoms with E-state index in [4.69, 9.17) is 23.2 Å². The predicted octanol–water partition coefficient (Wildman–Crippen LogP) is 3.12. The van der Waals surface area contributed by atoms with E-state index < -0.39 is 5.56 Å². The molecular formula is C14H12Cl2N2O2. The Morgan fingerprint density at radius 2 is 1.95 bits per heavy atom. The Balaban J connectivity index is 2.38. The van der Waals surface area contributed by atoms with E-state index in [1.807, 2.05) is 0 Å². The van der Waals surface area contributed by atoms with Crippen molar-refractivity contribution < 1.29 is 5.11 Å². The van der Waals surface area contributed by atoms with Crippen LogP contribution in [0, 0.1) is 0 Å². The summed E-state index contributed by atoms with van der Waals surface area (Å²) in [5.41, 5.74) is 1.97. The molecule has 0 aliphatic carbocycles. The first-order chi connectivity index (χ1) is 9.58. The Kier molecular flexibility index (Phi) is 3.44. The number of aromatic hydroxyl groups is 1. The highest BCUT2D eigenvalue weighted by Crippen LogP contribution is 2.28. The Hall–Kier alpha value is -1.52. The molecule has 1 aliphatic heterocycles. The zero-order chi connectivity index (χ0) is 14.3. The number of hydrogen-bond acceptors (Lipinski definition) is 3. The van der Waals surface area contributed by atoms with Gasteiger partial charge in [0.1, 0.15) is 15.9 Å². The fourth-order valence-electron chi connectivity index (χ4n) is 2.54. The van der Waals surface area contributed by atoms with Gasteiger partial charge in [-0.1, -0.05) is 23.2 Å². The van der Waals surface area contributed by atoms with E-state index in [2.05, 4.69) is 4.98 Å². The fourth-order valence-corrected chi connectivity index (χ4v) is 2.83. The van der Waals surface area contributed by atoms with Crippen molar-refractivity contribution in [2.45, 2.75) is 25.7 Å². The number of halogens is 2. The predicted molar refractivity (Wildman–Crippen MR) is 78.2 cm³/mol. The molecular weight excluding hydrogens is 299 g/mol. The molecule has 0 spiro atoms. The van der Waals surface area contributed by atoms with Gasteiger partial charge in [0.2, 0.25) is 0 Å². The van der Waals surface area contributed by atoms with Gasteiger partial charge in [0.05, 0.1) is 5.69 Å². The third kappa shape index (κ3) is 2.19. The highest BCUT2D eigenvalue weighted by atomic mass is 35.5. The molecule has 2 aromatic heterocycles. The molecule has 0 atom stereocenters. The lowest BCUT2D eigenvalue weighted by Crippen LogP contribution is -2.24. The van der Waals surface area contributed by atoms with Gasteiger partial charge in [-0.2, -0.15) is 0 Å². The van der Waals surface area contributed by atoms with Crippen LogP contribution in [0.15, 0.2) is 23.1 Å². The minimum absolute atomic E-state index is 0.173. The van der Waals surface area contributed by atoms with Crippen LogP contribution in [0.3, 0.4) is 0 Å². The maximum absolute atomic E-state index is 12.4. The van der Waals surface area contributed by atoms with Gasteiger partial charge >= 0.3 is 0 Å². The second-order valence-corrected chi connectivity index (χ2v) is 5.58. The minimum Gasteiger partial charge on any atom is -0.506 e. The van der Waals surface area contributed by atoms with Crippen LogP contribution < -0.4 is 5.56 Å². The molecule has 3 heterocycles. The Morgan fingerprint density at radius 3 is 2.75 bits per heavy atom. The average Bonchev–Trinajstić information content (AvgIpc) is 2.40. The van der Waals surface area contributed by atoms with Crippen LogP contribution in [0.2, 0.25) is 10.2 Å². The highest BCUT2D eigenvalue weighted by Gasteiger charge is 2.19. The van der Waals surface area contributed by atoms with Crippen LogP contribution in [-0.4, -0.2) is 14.7 Å². The summed E-state index contributed by atoms with van der Waals surface area (Å²) in [5, 5.41) is 9.89. The van der Waals surface area contributed by atoms with E-state index in [-0.39, 0.29) is 10.8 Å². The maximum atomic E-state index is 12.4. The summed E-state index contributed by atoms with van der Waals surface area (Å²) >= 11 is 11.8. The minimum atomic E-state index is -0.424. The zero-order valence-corrected chi connectivity index (χ0v) is 12.1. The Morgan fingerprint density at radius 1 is 1.20 bits per heavy atom.